The van der Waals surface area contributed by atoms with Gasteiger partial charge in [-0.3, -0.25) is 4.79 Å². The predicted molar refractivity (Wildman–Crippen MR) is 157 cm³/mol. The number of methoxy groups -OCH3 is 2. The van der Waals surface area contributed by atoms with Crippen LogP contribution in [0.25, 0.3) is 0 Å². The molecule has 3 aliphatic heterocycles. The van der Waals surface area contributed by atoms with E-state index in [2.05, 4.69) is 25.5 Å². The number of amides is 2. The number of aromatic nitrogens is 2. The Kier molecular flexibility index (Phi) is 7.29. The molecule has 4 heterocycles. The molecular formula is C31H33F3N6O4. The van der Waals surface area contributed by atoms with Gasteiger partial charge in [-0.25, -0.2) is 14.8 Å². The summed E-state index contributed by atoms with van der Waals surface area (Å²) < 4.78 is 52.5. The lowest BCUT2D eigenvalue weighted by atomic mass is 9.82. The Labute approximate surface area is 252 Å². The molecule has 2 bridgehead atoms. The summed E-state index contributed by atoms with van der Waals surface area (Å²) in [5.41, 5.74) is 1.80. The lowest BCUT2D eigenvalue weighted by molar-refractivity contribution is -0.138. The molecule has 6 rings (SSSR count). The second-order valence-electron chi connectivity index (χ2n) is 11.8. The third-order valence-corrected chi connectivity index (χ3v) is 8.81. The molecule has 2 saturated heterocycles. The van der Waals surface area contributed by atoms with Crippen LogP contribution < -0.4 is 20.3 Å². The van der Waals surface area contributed by atoms with Crippen molar-refractivity contribution in [2.45, 2.75) is 56.8 Å². The maximum atomic E-state index is 14.0. The number of alkyl halides is 3. The van der Waals surface area contributed by atoms with Gasteiger partial charge in [0.05, 0.1) is 42.6 Å². The first-order chi connectivity index (χ1) is 20.9. The van der Waals surface area contributed by atoms with E-state index in [0.717, 1.165) is 29.4 Å². The molecule has 0 aliphatic carbocycles. The molecule has 0 spiro atoms. The zero-order valence-corrected chi connectivity index (χ0v) is 24.8. The van der Waals surface area contributed by atoms with Gasteiger partial charge in [0.25, 0.3) is 0 Å². The van der Waals surface area contributed by atoms with Crippen molar-refractivity contribution in [1.82, 2.24) is 14.9 Å². The van der Waals surface area contributed by atoms with Gasteiger partial charge in [0.15, 0.2) is 0 Å². The molecule has 13 heteroatoms. The number of nitrogens with zero attached hydrogens (tertiary/aromatic N) is 4. The number of halogens is 3. The Hall–Kier alpha value is -4.55. The van der Waals surface area contributed by atoms with Crippen LogP contribution in [-0.4, -0.2) is 66.3 Å². The minimum atomic E-state index is -4.64. The normalized spacial score (nSPS) is 20.0. The number of benzene rings is 2. The van der Waals surface area contributed by atoms with Crippen LogP contribution in [-0.2, 0) is 34.0 Å². The number of likely N-dealkylation sites (tertiary alicyclic amines) is 1. The highest BCUT2D eigenvalue weighted by atomic mass is 19.4. The summed E-state index contributed by atoms with van der Waals surface area (Å²) >= 11 is 0. The number of rotatable bonds is 7. The van der Waals surface area contributed by atoms with Crippen LogP contribution in [0.2, 0.25) is 0 Å². The number of aryl methyl sites for hydroxylation is 2. The summed E-state index contributed by atoms with van der Waals surface area (Å²) in [6.45, 7) is 4.83. The fourth-order valence-corrected chi connectivity index (χ4v) is 6.61. The lowest BCUT2D eigenvalue weighted by Crippen LogP contribution is -2.48. The van der Waals surface area contributed by atoms with Gasteiger partial charge in [0.2, 0.25) is 11.9 Å². The van der Waals surface area contributed by atoms with E-state index in [4.69, 9.17) is 9.47 Å². The molecule has 2 atom stereocenters. The van der Waals surface area contributed by atoms with E-state index in [1.54, 1.807) is 36.9 Å². The first-order valence-corrected chi connectivity index (χ1v) is 14.3. The SMILES string of the molecule is COC(=O)N1CC2CC1CN2c1ccc(Nc2ncc(C(F)(F)F)c(CCc3cccc4c3C(C)(C)C(=O)N4)n2)c(OC)c1. The predicted octanol–water partition coefficient (Wildman–Crippen LogP) is 5.29. The quantitative estimate of drug-likeness (QED) is 0.372. The van der Waals surface area contributed by atoms with E-state index < -0.39 is 17.2 Å². The summed E-state index contributed by atoms with van der Waals surface area (Å²) in [5.74, 6) is 0.327. The summed E-state index contributed by atoms with van der Waals surface area (Å²) in [6, 6.07) is 11.1. The van der Waals surface area contributed by atoms with Gasteiger partial charge in [-0.2, -0.15) is 13.2 Å². The van der Waals surface area contributed by atoms with E-state index in [0.29, 0.717) is 30.2 Å². The fourth-order valence-electron chi connectivity index (χ4n) is 6.61. The number of hydrogen-bond acceptors (Lipinski definition) is 8. The van der Waals surface area contributed by atoms with E-state index >= 15 is 0 Å². The topological polar surface area (TPSA) is 109 Å². The van der Waals surface area contributed by atoms with E-state index in [1.165, 1.54) is 14.2 Å². The van der Waals surface area contributed by atoms with Gasteiger partial charge in [0.1, 0.15) is 5.75 Å². The molecule has 0 saturated carbocycles. The average Bonchev–Trinajstić information content (AvgIpc) is 3.67. The maximum Gasteiger partial charge on any atom is 0.419 e. The van der Waals surface area contributed by atoms with Crippen LogP contribution in [0, 0.1) is 0 Å². The number of fused-ring (bicyclic) bond motifs is 3. The van der Waals surface area contributed by atoms with Gasteiger partial charge in [-0.15, -0.1) is 0 Å². The Balaban J connectivity index is 1.22. The third-order valence-electron chi connectivity index (χ3n) is 8.81. The molecule has 2 aromatic carbocycles. The van der Waals surface area contributed by atoms with Crippen molar-refractivity contribution in [3.8, 4) is 5.75 Å². The van der Waals surface area contributed by atoms with Gasteiger partial charge >= 0.3 is 12.3 Å². The second kappa shape index (κ2) is 10.9. The second-order valence-corrected chi connectivity index (χ2v) is 11.8. The molecule has 1 aromatic heterocycles. The van der Waals surface area contributed by atoms with Crippen LogP contribution in [0.3, 0.4) is 0 Å². The van der Waals surface area contributed by atoms with Crippen molar-refractivity contribution in [2.75, 3.05) is 42.8 Å². The van der Waals surface area contributed by atoms with Crippen molar-refractivity contribution >= 4 is 35.0 Å². The van der Waals surface area contributed by atoms with E-state index in [1.807, 2.05) is 18.2 Å². The molecule has 3 aliphatic rings. The van der Waals surface area contributed by atoms with Gasteiger partial charge < -0.3 is 29.9 Å². The van der Waals surface area contributed by atoms with Crippen LogP contribution in [0.4, 0.5) is 41.0 Å². The molecule has 3 aromatic rings. The Bertz CT molecular complexity index is 1630. The van der Waals surface area contributed by atoms with Crippen LogP contribution in [0.15, 0.2) is 42.6 Å². The Morgan fingerprint density at radius 3 is 2.61 bits per heavy atom. The molecule has 10 nitrogen and oxygen atoms in total. The molecular weight excluding hydrogens is 577 g/mol. The highest BCUT2D eigenvalue weighted by molar-refractivity contribution is 6.06. The molecule has 2 unspecified atom stereocenters. The fraction of sp³-hybridized carbons (Fsp3) is 0.419. The van der Waals surface area contributed by atoms with Gasteiger partial charge in [-0.05, 0) is 62.4 Å². The van der Waals surface area contributed by atoms with Crippen molar-refractivity contribution in [3.05, 3.63) is 65.0 Å². The van der Waals surface area contributed by atoms with Gasteiger partial charge in [-0.1, -0.05) is 12.1 Å². The zero-order chi connectivity index (χ0) is 31.4. The van der Waals surface area contributed by atoms with Crippen molar-refractivity contribution < 1.29 is 32.2 Å². The van der Waals surface area contributed by atoms with E-state index in [9.17, 15) is 22.8 Å². The first kappa shape index (κ1) is 29.5. The molecule has 232 valence electrons. The van der Waals surface area contributed by atoms with Crippen LogP contribution >= 0.6 is 0 Å². The summed E-state index contributed by atoms with van der Waals surface area (Å²) in [6.07, 6.45) is -3.08. The van der Waals surface area contributed by atoms with Crippen molar-refractivity contribution in [1.29, 1.82) is 0 Å². The number of nitrogens with one attached hydrogen (secondary N) is 2. The van der Waals surface area contributed by atoms with Gasteiger partial charge in [0, 0.05) is 42.8 Å². The number of piperazine rings is 1. The number of carbonyl (C=O) groups is 2. The number of hydrogen-bond donors (Lipinski definition) is 2. The zero-order valence-electron chi connectivity index (χ0n) is 24.8. The van der Waals surface area contributed by atoms with Crippen molar-refractivity contribution in [3.63, 3.8) is 0 Å². The highest BCUT2D eigenvalue weighted by Crippen LogP contribution is 2.41. The Morgan fingerprint density at radius 1 is 1.14 bits per heavy atom. The number of carbonyl (C=O) groups excluding carboxylic acids is 2. The summed E-state index contributed by atoms with van der Waals surface area (Å²) in [5, 5.41) is 5.88. The monoisotopic (exact) mass is 610 g/mol. The molecule has 2 amide bonds. The Morgan fingerprint density at radius 2 is 1.93 bits per heavy atom. The minimum absolute atomic E-state index is 0.00321. The van der Waals surface area contributed by atoms with Crippen LogP contribution in [0.5, 0.6) is 5.75 Å². The maximum absolute atomic E-state index is 14.0. The number of ether oxygens (including phenoxy) is 2. The molecule has 0 radical (unpaired) electrons. The van der Waals surface area contributed by atoms with E-state index in [-0.39, 0.29) is 48.6 Å². The number of anilines is 4. The summed E-state index contributed by atoms with van der Waals surface area (Å²) in [4.78, 5) is 36.8. The molecule has 2 fully saturated rings. The first-order valence-electron chi connectivity index (χ1n) is 14.3. The van der Waals surface area contributed by atoms with Crippen LogP contribution in [0.1, 0.15) is 42.7 Å². The minimum Gasteiger partial charge on any atom is -0.494 e. The highest BCUT2D eigenvalue weighted by Gasteiger charge is 2.46. The smallest absolute Gasteiger partial charge is 0.419 e. The third kappa shape index (κ3) is 5.13. The largest absolute Gasteiger partial charge is 0.494 e. The molecule has 44 heavy (non-hydrogen) atoms. The lowest BCUT2D eigenvalue weighted by Gasteiger charge is -2.35. The summed E-state index contributed by atoms with van der Waals surface area (Å²) in [7, 11) is 2.89. The standard InChI is InChI=1S/C31H33F3N6O4/c1-30(2)26-17(6-5-7-24(26)36-27(30)41)8-10-22-21(31(32,33)34)14-35-28(37-22)38-23-11-9-18(13-25(23)43-3)39-15-20-12-19(39)16-40(20)29(42)44-4/h5-7,9,11,13-14,19-20H,8,10,12,15-16H2,1-4H3,(H,36,41)(H,35,37,38). The average molecular weight is 611 g/mol. The molecule has 2 N–H and O–H groups in total. The van der Waals surface area contributed by atoms with Crippen molar-refractivity contribution in [2.24, 2.45) is 0 Å².